The minimum atomic E-state index is 0.0156. The van der Waals surface area contributed by atoms with Gasteiger partial charge in [-0.15, -0.1) is 11.8 Å². The summed E-state index contributed by atoms with van der Waals surface area (Å²) in [5, 5.41) is 1.18. The Morgan fingerprint density at radius 2 is 2.31 bits per heavy atom. The highest BCUT2D eigenvalue weighted by Crippen LogP contribution is 2.40. The quantitative estimate of drug-likeness (QED) is 0.824. The number of morpholine rings is 1. The van der Waals surface area contributed by atoms with Crippen molar-refractivity contribution in [3.05, 3.63) is 0 Å². The third kappa shape index (κ3) is 2.01. The summed E-state index contributed by atoms with van der Waals surface area (Å²) < 4.78 is 9.77. The number of nitrogens with two attached hydrogens (primary N) is 1. The number of nitrogen functional groups attached to an aromatic ring is 1. The van der Waals surface area contributed by atoms with E-state index in [0.717, 1.165) is 24.7 Å². The van der Waals surface area contributed by atoms with Crippen molar-refractivity contribution in [2.24, 2.45) is 0 Å². The van der Waals surface area contributed by atoms with Gasteiger partial charge in [0.05, 0.1) is 23.6 Å². The molecule has 1 aliphatic heterocycles. The van der Waals surface area contributed by atoms with Crippen LogP contribution in [0.5, 0.6) is 0 Å². The van der Waals surface area contributed by atoms with Crippen LogP contribution in [-0.2, 0) is 4.74 Å². The molecule has 16 heavy (non-hydrogen) atoms. The van der Waals surface area contributed by atoms with Crippen LogP contribution in [0.15, 0.2) is 4.90 Å². The van der Waals surface area contributed by atoms with Crippen LogP contribution in [0.4, 0.5) is 10.8 Å². The number of ether oxygens (including phenoxy) is 1. The van der Waals surface area contributed by atoms with E-state index in [4.69, 9.17) is 10.5 Å². The van der Waals surface area contributed by atoms with Crippen LogP contribution in [0.25, 0.3) is 0 Å². The highest BCUT2D eigenvalue weighted by atomic mass is 32.2. The van der Waals surface area contributed by atoms with E-state index in [1.165, 1.54) is 16.5 Å². The fourth-order valence-electron chi connectivity index (χ4n) is 1.88. The molecule has 1 aromatic heterocycles. The molecule has 1 fully saturated rings. The molecular formula is C10H17N3OS2. The Hall–Kier alpha value is -0.460. The van der Waals surface area contributed by atoms with Gasteiger partial charge in [0.15, 0.2) is 5.82 Å². The first-order chi connectivity index (χ1) is 7.56. The lowest BCUT2D eigenvalue weighted by Gasteiger charge is -2.43. The molecule has 1 aromatic rings. The van der Waals surface area contributed by atoms with Gasteiger partial charge in [-0.2, -0.15) is 4.37 Å². The van der Waals surface area contributed by atoms with E-state index in [-0.39, 0.29) is 5.54 Å². The van der Waals surface area contributed by atoms with Gasteiger partial charge in [0, 0.05) is 6.54 Å². The molecule has 1 aliphatic rings. The molecule has 0 spiro atoms. The van der Waals surface area contributed by atoms with Crippen molar-refractivity contribution in [3.63, 3.8) is 0 Å². The lowest BCUT2D eigenvalue weighted by Crippen LogP contribution is -2.53. The Balaban J connectivity index is 2.35. The van der Waals surface area contributed by atoms with Crippen LogP contribution in [0.2, 0.25) is 0 Å². The van der Waals surface area contributed by atoms with Crippen LogP contribution in [0.1, 0.15) is 13.8 Å². The van der Waals surface area contributed by atoms with Crippen molar-refractivity contribution in [1.29, 1.82) is 0 Å². The van der Waals surface area contributed by atoms with E-state index in [0.29, 0.717) is 5.82 Å². The minimum absolute atomic E-state index is 0.0156. The first kappa shape index (κ1) is 12.0. The molecule has 2 N–H and O–H groups in total. The van der Waals surface area contributed by atoms with Gasteiger partial charge in [-0.3, -0.25) is 0 Å². The second kappa shape index (κ2) is 4.43. The normalized spacial score (nSPS) is 20.1. The lowest BCUT2D eigenvalue weighted by atomic mass is 10.0. The monoisotopic (exact) mass is 259 g/mol. The fraction of sp³-hybridized carbons (Fsp3) is 0.700. The molecule has 4 nitrogen and oxygen atoms in total. The Kier molecular flexibility index (Phi) is 3.32. The Morgan fingerprint density at radius 1 is 1.56 bits per heavy atom. The van der Waals surface area contributed by atoms with E-state index in [9.17, 15) is 0 Å². The van der Waals surface area contributed by atoms with E-state index in [2.05, 4.69) is 23.1 Å². The molecule has 6 heteroatoms. The maximum Gasteiger partial charge on any atom is 0.153 e. The Labute approximate surface area is 104 Å². The second-order valence-electron chi connectivity index (χ2n) is 4.42. The number of rotatable bonds is 2. The fourth-order valence-corrected chi connectivity index (χ4v) is 3.74. The van der Waals surface area contributed by atoms with Crippen molar-refractivity contribution in [2.75, 3.05) is 36.6 Å². The van der Waals surface area contributed by atoms with E-state index in [1.807, 2.05) is 6.26 Å². The highest BCUT2D eigenvalue weighted by Gasteiger charge is 2.33. The SMILES string of the molecule is CSc1c(N)nsc1N1CCOCC1(C)C. The topological polar surface area (TPSA) is 51.4 Å². The van der Waals surface area contributed by atoms with Crippen LogP contribution in [0, 0.1) is 0 Å². The van der Waals surface area contributed by atoms with Crippen molar-refractivity contribution in [3.8, 4) is 0 Å². The van der Waals surface area contributed by atoms with Gasteiger partial charge in [0.2, 0.25) is 0 Å². The van der Waals surface area contributed by atoms with Crippen molar-refractivity contribution < 1.29 is 4.74 Å². The zero-order valence-electron chi connectivity index (χ0n) is 9.82. The summed E-state index contributed by atoms with van der Waals surface area (Å²) in [6.45, 7) is 6.80. The van der Waals surface area contributed by atoms with Gasteiger partial charge in [-0.25, -0.2) is 0 Å². The van der Waals surface area contributed by atoms with Gasteiger partial charge >= 0.3 is 0 Å². The van der Waals surface area contributed by atoms with Gasteiger partial charge in [-0.05, 0) is 31.6 Å². The average Bonchev–Trinajstić information content (AvgIpc) is 2.58. The van der Waals surface area contributed by atoms with Crippen molar-refractivity contribution in [1.82, 2.24) is 4.37 Å². The van der Waals surface area contributed by atoms with E-state index in [1.54, 1.807) is 11.8 Å². The molecule has 2 heterocycles. The molecule has 0 aromatic carbocycles. The van der Waals surface area contributed by atoms with Crippen molar-refractivity contribution >= 4 is 34.1 Å². The lowest BCUT2D eigenvalue weighted by molar-refractivity contribution is 0.0645. The second-order valence-corrected chi connectivity index (χ2v) is 5.99. The van der Waals surface area contributed by atoms with Gasteiger partial charge < -0.3 is 15.4 Å². The summed E-state index contributed by atoms with van der Waals surface area (Å²) in [4.78, 5) is 3.45. The molecule has 1 saturated heterocycles. The highest BCUT2D eigenvalue weighted by molar-refractivity contribution is 7.99. The first-order valence-electron chi connectivity index (χ1n) is 5.21. The third-order valence-corrected chi connectivity index (χ3v) is 4.58. The van der Waals surface area contributed by atoms with E-state index >= 15 is 0 Å². The zero-order chi connectivity index (χ0) is 11.8. The average molecular weight is 259 g/mol. The largest absolute Gasteiger partial charge is 0.382 e. The predicted molar refractivity (Wildman–Crippen MR) is 70.6 cm³/mol. The van der Waals surface area contributed by atoms with Gasteiger partial charge in [-0.1, -0.05) is 0 Å². The Bertz CT molecular complexity index is 378. The molecule has 0 saturated carbocycles. The summed E-state index contributed by atoms with van der Waals surface area (Å²) in [5.74, 6) is 0.648. The number of hydrogen-bond acceptors (Lipinski definition) is 6. The molecule has 0 radical (unpaired) electrons. The molecular weight excluding hydrogens is 242 g/mol. The van der Waals surface area contributed by atoms with Crippen molar-refractivity contribution in [2.45, 2.75) is 24.3 Å². The Morgan fingerprint density at radius 3 is 2.94 bits per heavy atom. The van der Waals surface area contributed by atoms with E-state index < -0.39 is 0 Å². The standard InChI is InChI=1S/C10H17N3OS2/c1-10(2)6-14-5-4-13(10)9-7(15-3)8(11)12-16-9/h4-6H2,1-3H3,(H2,11,12). The molecule has 0 aliphatic carbocycles. The minimum Gasteiger partial charge on any atom is -0.382 e. The number of hydrogen-bond donors (Lipinski definition) is 1. The maximum absolute atomic E-state index is 5.87. The van der Waals surface area contributed by atoms with Gasteiger partial charge in [0.25, 0.3) is 0 Å². The molecule has 0 bridgehead atoms. The molecule has 90 valence electrons. The summed E-state index contributed by atoms with van der Waals surface area (Å²) >= 11 is 3.15. The van der Waals surface area contributed by atoms with Crippen LogP contribution >= 0.6 is 23.3 Å². The van der Waals surface area contributed by atoms with Gasteiger partial charge in [0.1, 0.15) is 5.00 Å². The summed E-state index contributed by atoms with van der Waals surface area (Å²) in [6.07, 6.45) is 2.04. The summed E-state index contributed by atoms with van der Waals surface area (Å²) in [5.41, 5.74) is 5.88. The number of thioether (sulfide) groups is 1. The molecule has 2 rings (SSSR count). The number of aromatic nitrogens is 1. The molecule has 0 atom stereocenters. The molecule has 0 unspecified atom stereocenters. The predicted octanol–water partition coefficient (Wildman–Crippen LogP) is 2.06. The number of anilines is 2. The summed E-state index contributed by atoms with van der Waals surface area (Å²) in [6, 6.07) is 0. The third-order valence-electron chi connectivity index (χ3n) is 2.75. The zero-order valence-corrected chi connectivity index (χ0v) is 11.5. The van der Waals surface area contributed by atoms with Crippen LogP contribution in [0.3, 0.4) is 0 Å². The maximum atomic E-state index is 5.87. The first-order valence-corrected chi connectivity index (χ1v) is 7.20. The van der Waals surface area contributed by atoms with Crippen LogP contribution < -0.4 is 10.6 Å². The van der Waals surface area contributed by atoms with Crippen LogP contribution in [-0.4, -0.2) is 35.9 Å². The summed E-state index contributed by atoms with van der Waals surface area (Å²) in [7, 11) is 0. The molecule has 0 amide bonds. The smallest absolute Gasteiger partial charge is 0.153 e. The number of nitrogens with zero attached hydrogens (tertiary/aromatic N) is 2.